The number of aromatic amines is 1. The second kappa shape index (κ2) is 5.96. The van der Waals surface area contributed by atoms with Gasteiger partial charge >= 0.3 is 0 Å². The fourth-order valence-corrected chi connectivity index (χ4v) is 3.40. The third-order valence-electron chi connectivity index (χ3n) is 4.75. The van der Waals surface area contributed by atoms with Gasteiger partial charge in [0.05, 0.1) is 18.8 Å². The highest BCUT2D eigenvalue weighted by atomic mass is 16.5. The number of nitrogens with zero attached hydrogens (tertiary/aromatic N) is 4. The zero-order valence-electron chi connectivity index (χ0n) is 14.1. The lowest BCUT2D eigenvalue weighted by Crippen LogP contribution is -2.36. The number of hydrogen-bond donors (Lipinski definition) is 1. The third-order valence-corrected chi connectivity index (χ3v) is 4.75. The molecule has 0 atom stereocenters. The summed E-state index contributed by atoms with van der Waals surface area (Å²) in [7, 11) is 0. The molecule has 3 aliphatic rings. The van der Waals surface area contributed by atoms with Crippen LogP contribution in [0.15, 0.2) is 53.6 Å². The summed E-state index contributed by atoms with van der Waals surface area (Å²) in [5, 5.41) is 5.50. The molecule has 2 aromatic rings. The van der Waals surface area contributed by atoms with Crippen LogP contribution >= 0.6 is 0 Å². The number of aromatic nitrogens is 4. The van der Waals surface area contributed by atoms with Gasteiger partial charge in [-0.2, -0.15) is 9.78 Å². The summed E-state index contributed by atoms with van der Waals surface area (Å²) in [4.78, 5) is 22.5. The number of nitrogens with one attached hydrogen (secondary N) is 1. The minimum Gasteiger partial charge on any atom is -0.378 e. The first-order valence-corrected chi connectivity index (χ1v) is 8.59. The van der Waals surface area contributed by atoms with Crippen molar-refractivity contribution in [2.45, 2.75) is 0 Å². The van der Waals surface area contributed by atoms with E-state index < -0.39 is 0 Å². The van der Waals surface area contributed by atoms with Crippen molar-refractivity contribution in [1.29, 1.82) is 0 Å². The molecule has 0 spiro atoms. The predicted octanol–water partition coefficient (Wildman–Crippen LogP) is 2.05. The summed E-state index contributed by atoms with van der Waals surface area (Å²) in [6.45, 7) is 3.18. The van der Waals surface area contributed by atoms with Crippen molar-refractivity contribution < 1.29 is 4.74 Å². The maximum Gasteiger partial charge on any atom is 0.283 e. The number of pyridine rings is 2. The van der Waals surface area contributed by atoms with Crippen LogP contribution in [0.25, 0.3) is 28.0 Å². The number of morpholine rings is 1. The van der Waals surface area contributed by atoms with Gasteiger partial charge in [0.15, 0.2) is 5.82 Å². The van der Waals surface area contributed by atoms with E-state index in [9.17, 15) is 4.79 Å². The Morgan fingerprint density at radius 3 is 2.81 bits per heavy atom. The van der Waals surface area contributed by atoms with Gasteiger partial charge in [-0.25, -0.2) is 4.98 Å². The molecule has 130 valence electrons. The van der Waals surface area contributed by atoms with E-state index >= 15 is 0 Å². The lowest BCUT2D eigenvalue weighted by molar-refractivity contribution is 0.122. The van der Waals surface area contributed by atoms with Crippen molar-refractivity contribution in [2.24, 2.45) is 0 Å². The molecule has 1 N–H and O–H groups in total. The second-order valence-electron chi connectivity index (χ2n) is 6.29. The van der Waals surface area contributed by atoms with Crippen LogP contribution in [-0.4, -0.2) is 46.1 Å². The molecule has 7 heteroatoms. The van der Waals surface area contributed by atoms with E-state index in [1.807, 2.05) is 18.2 Å². The van der Waals surface area contributed by atoms with Crippen LogP contribution in [-0.2, 0) is 4.74 Å². The molecule has 0 aliphatic carbocycles. The minimum atomic E-state index is -0.173. The van der Waals surface area contributed by atoms with Gasteiger partial charge < -0.3 is 14.6 Å². The summed E-state index contributed by atoms with van der Waals surface area (Å²) in [5.41, 5.74) is 3.13. The average Bonchev–Trinajstić information content (AvgIpc) is 3.06. The standard InChI is InChI=1S/C19H17N5O2/c25-19-15-12-21-16-5-4-13(23-7-9-26-10-8-23)11-14(16)18(15)22-24(19)17-3-1-2-6-20-17/h1-6,11-12,21H,7-10H2. The normalized spacial score (nSPS) is 15.0. The predicted molar refractivity (Wildman–Crippen MR) is 99.1 cm³/mol. The molecule has 4 heterocycles. The van der Waals surface area contributed by atoms with Gasteiger partial charge in [-0.05, 0) is 30.3 Å². The zero-order valence-corrected chi connectivity index (χ0v) is 14.1. The van der Waals surface area contributed by atoms with Crippen molar-refractivity contribution in [3.63, 3.8) is 0 Å². The van der Waals surface area contributed by atoms with Crippen molar-refractivity contribution in [2.75, 3.05) is 31.2 Å². The van der Waals surface area contributed by atoms with Crippen LogP contribution in [0.1, 0.15) is 0 Å². The van der Waals surface area contributed by atoms with E-state index in [1.54, 1.807) is 18.5 Å². The molecule has 7 nitrogen and oxygen atoms in total. The third kappa shape index (κ3) is 2.36. The van der Waals surface area contributed by atoms with Crippen LogP contribution in [0, 0.1) is 0 Å². The smallest absolute Gasteiger partial charge is 0.283 e. The molecule has 26 heavy (non-hydrogen) atoms. The molecule has 5 rings (SSSR count). The number of anilines is 1. The molecule has 0 unspecified atom stereocenters. The van der Waals surface area contributed by atoms with Crippen LogP contribution < -0.4 is 10.5 Å². The Bertz CT molecular complexity index is 1100. The quantitative estimate of drug-likeness (QED) is 0.601. The van der Waals surface area contributed by atoms with Gasteiger partial charge in [0.2, 0.25) is 0 Å². The second-order valence-corrected chi connectivity index (χ2v) is 6.29. The van der Waals surface area contributed by atoms with Gasteiger partial charge in [0.1, 0.15) is 5.69 Å². The Morgan fingerprint density at radius 1 is 1.12 bits per heavy atom. The van der Waals surface area contributed by atoms with E-state index in [1.165, 1.54) is 4.68 Å². The topological polar surface area (TPSA) is 76.0 Å². The summed E-state index contributed by atoms with van der Waals surface area (Å²) in [6.07, 6.45) is 3.38. The van der Waals surface area contributed by atoms with E-state index in [0.717, 1.165) is 42.9 Å². The number of H-pyrrole nitrogens is 1. The zero-order chi connectivity index (χ0) is 17.5. The maximum atomic E-state index is 12.8. The van der Waals surface area contributed by atoms with E-state index in [2.05, 4.69) is 32.1 Å². The molecular weight excluding hydrogens is 330 g/mol. The molecule has 3 aliphatic heterocycles. The summed E-state index contributed by atoms with van der Waals surface area (Å²) < 4.78 is 6.80. The molecule has 1 aromatic carbocycles. The van der Waals surface area contributed by atoms with Gasteiger partial charge in [-0.15, -0.1) is 0 Å². The van der Waals surface area contributed by atoms with Gasteiger partial charge in [-0.3, -0.25) is 4.79 Å². The molecule has 0 amide bonds. The Labute approximate surface area is 149 Å². The molecule has 0 bridgehead atoms. The molecular formula is C19H17N5O2. The van der Waals surface area contributed by atoms with Crippen LogP contribution in [0.2, 0.25) is 0 Å². The van der Waals surface area contributed by atoms with Crippen LogP contribution in [0.5, 0.6) is 0 Å². The van der Waals surface area contributed by atoms with Crippen molar-refractivity contribution in [1.82, 2.24) is 19.7 Å². The Hall–Kier alpha value is -3.19. The monoisotopic (exact) mass is 347 g/mol. The first kappa shape index (κ1) is 15.1. The van der Waals surface area contributed by atoms with E-state index in [4.69, 9.17) is 4.74 Å². The van der Waals surface area contributed by atoms with Gasteiger partial charge in [0.25, 0.3) is 5.56 Å². The fraction of sp³-hybridized carbons (Fsp3) is 0.211. The van der Waals surface area contributed by atoms with E-state index in [-0.39, 0.29) is 5.56 Å². The van der Waals surface area contributed by atoms with E-state index in [0.29, 0.717) is 17.1 Å². The minimum absolute atomic E-state index is 0.173. The highest BCUT2D eigenvalue weighted by molar-refractivity contribution is 5.95. The number of benzene rings is 1. The number of hydrogen-bond acceptors (Lipinski definition) is 5. The fourth-order valence-electron chi connectivity index (χ4n) is 3.40. The van der Waals surface area contributed by atoms with Crippen molar-refractivity contribution >= 4 is 16.6 Å². The molecule has 0 radical (unpaired) electrons. The first-order valence-electron chi connectivity index (χ1n) is 8.59. The van der Waals surface area contributed by atoms with Crippen molar-refractivity contribution in [3.05, 3.63) is 59.1 Å². The van der Waals surface area contributed by atoms with Crippen molar-refractivity contribution in [3.8, 4) is 17.1 Å². The largest absolute Gasteiger partial charge is 0.378 e. The SMILES string of the molecule is O=c1c2c[nH]c3ccc(N4CCOCC4)cc3c-2nn1-c1ccccn1. The highest BCUT2D eigenvalue weighted by Crippen LogP contribution is 2.29. The first-order chi connectivity index (χ1) is 12.8. The van der Waals surface area contributed by atoms with Gasteiger partial charge in [-0.1, -0.05) is 6.07 Å². The number of ether oxygens (including phenoxy) is 1. The van der Waals surface area contributed by atoms with Gasteiger partial charge in [0, 0.05) is 42.1 Å². The lowest BCUT2D eigenvalue weighted by Gasteiger charge is -2.29. The van der Waals surface area contributed by atoms with Crippen LogP contribution in [0.4, 0.5) is 5.69 Å². The molecule has 1 aromatic heterocycles. The molecule has 1 fully saturated rings. The Kier molecular flexibility index (Phi) is 3.46. The average molecular weight is 347 g/mol. The number of rotatable bonds is 2. The number of fused-ring (bicyclic) bond motifs is 3. The Morgan fingerprint density at radius 2 is 2.00 bits per heavy atom. The summed E-state index contributed by atoms with van der Waals surface area (Å²) in [6, 6.07) is 11.6. The maximum absolute atomic E-state index is 12.8. The van der Waals surface area contributed by atoms with Crippen LogP contribution in [0.3, 0.4) is 0 Å². The lowest BCUT2D eigenvalue weighted by atomic mass is 10.1. The highest BCUT2D eigenvalue weighted by Gasteiger charge is 2.20. The summed E-state index contributed by atoms with van der Waals surface area (Å²) >= 11 is 0. The molecule has 1 saturated heterocycles. The molecule has 0 saturated carbocycles. The summed E-state index contributed by atoms with van der Waals surface area (Å²) in [5.74, 6) is 0.520. The Balaban J connectivity index is 1.70.